The van der Waals surface area contributed by atoms with E-state index in [1.165, 1.54) is 0 Å². The molecule has 0 spiro atoms. The maximum absolute atomic E-state index is 12.0. The van der Waals surface area contributed by atoms with Crippen molar-refractivity contribution in [2.45, 2.75) is 45.6 Å². The molecule has 1 fully saturated rings. The van der Waals surface area contributed by atoms with Crippen LogP contribution in [0.5, 0.6) is 5.75 Å². The summed E-state index contributed by atoms with van der Waals surface area (Å²) in [5, 5.41) is 12.9. The second-order valence-corrected chi connectivity index (χ2v) is 5.73. The van der Waals surface area contributed by atoms with Crippen LogP contribution in [0, 0.1) is 17.2 Å². The second kappa shape index (κ2) is 7.60. The van der Waals surface area contributed by atoms with Crippen molar-refractivity contribution in [1.29, 1.82) is 5.26 Å². The summed E-state index contributed by atoms with van der Waals surface area (Å²) in [6, 6.07) is 8.70. The largest absolute Gasteiger partial charge is 0.481 e. The minimum atomic E-state index is -0.639. The molecule has 0 radical (unpaired) electrons. The van der Waals surface area contributed by atoms with Crippen molar-refractivity contribution in [1.82, 2.24) is 5.43 Å². The van der Waals surface area contributed by atoms with Crippen LogP contribution >= 0.6 is 0 Å². The third-order valence-corrected chi connectivity index (χ3v) is 3.84. The van der Waals surface area contributed by atoms with Crippen LogP contribution in [-0.4, -0.2) is 17.7 Å². The molecular weight excluding hydrogens is 278 g/mol. The van der Waals surface area contributed by atoms with E-state index < -0.39 is 6.10 Å². The first-order valence-corrected chi connectivity index (χ1v) is 7.60. The number of nitrogens with one attached hydrogen (secondary N) is 1. The lowest BCUT2D eigenvalue weighted by atomic mass is 9.90. The van der Waals surface area contributed by atoms with Crippen LogP contribution in [0.1, 0.15) is 45.1 Å². The van der Waals surface area contributed by atoms with Crippen molar-refractivity contribution in [3.8, 4) is 11.8 Å². The molecule has 116 valence electrons. The lowest BCUT2D eigenvalue weighted by molar-refractivity contribution is -0.127. The predicted molar refractivity (Wildman–Crippen MR) is 84.5 cm³/mol. The van der Waals surface area contributed by atoms with E-state index in [2.05, 4.69) is 17.5 Å². The summed E-state index contributed by atoms with van der Waals surface area (Å²) < 4.78 is 5.54. The third-order valence-electron chi connectivity index (χ3n) is 3.84. The molecule has 1 aromatic rings. The van der Waals surface area contributed by atoms with E-state index in [9.17, 15) is 4.79 Å². The molecule has 0 saturated heterocycles. The molecule has 1 atom stereocenters. The highest BCUT2D eigenvalue weighted by Crippen LogP contribution is 2.21. The average Bonchev–Trinajstić information content (AvgIpc) is 2.54. The van der Waals surface area contributed by atoms with E-state index in [1.54, 1.807) is 31.2 Å². The Morgan fingerprint density at radius 2 is 2.00 bits per heavy atom. The third kappa shape index (κ3) is 4.59. The SMILES string of the molecule is CC1CCC(=NNC(=O)C(C)Oc2ccc(C#N)cc2)CC1. The van der Waals surface area contributed by atoms with Crippen LogP contribution in [0.25, 0.3) is 0 Å². The molecule has 0 aliphatic heterocycles. The lowest BCUT2D eigenvalue weighted by Gasteiger charge is -2.19. The highest BCUT2D eigenvalue weighted by Gasteiger charge is 2.16. The minimum absolute atomic E-state index is 0.268. The van der Waals surface area contributed by atoms with Gasteiger partial charge in [0, 0.05) is 5.71 Å². The average molecular weight is 299 g/mol. The van der Waals surface area contributed by atoms with Crippen molar-refractivity contribution in [2.75, 3.05) is 0 Å². The number of benzene rings is 1. The maximum atomic E-state index is 12.0. The number of hydrogen-bond donors (Lipinski definition) is 1. The second-order valence-electron chi connectivity index (χ2n) is 5.73. The van der Waals surface area contributed by atoms with Gasteiger partial charge in [-0.15, -0.1) is 0 Å². The Morgan fingerprint density at radius 3 is 2.59 bits per heavy atom. The molecule has 1 aromatic carbocycles. The van der Waals surface area contributed by atoms with Gasteiger partial charge in [-0.1, -0.05) is 6.92 Å². The molecule has 0 heterocycles. The summed E-state index contributed by atoms with van der Waals surface area (Å²) in [5.74, 6) is 1.03. The van der Waals surface area contributed by atoms with Crippen molar-refractivity contribution in [3.63, 3.8) is 0 Å². The molecule has 5 nitrogen and oxygen atoms in total. The molecule has 1 aliphatic carbocycles. The van der Waals surface area contributed by atoms with Crippen LogP contribution in [0.4, 0.5) is 0 Å². The fourth-order valence-electron chi connectivity index (χ4n) is 2.30. The Bertz CT molecular complexity index is 577. The quantitative estimate of drug-likeness (QED) is 0.868. The zero-order valence-electron chi connectivity index (χ0n) is 13.0. The molecule has 2 rings (SSSR count). The number of hydrazone groups is 1. The first kappa shape index (κ1) is 16.0. The van der Waals surface area contributed by atoms with Gasteiger partial charge in [-0.05, 0) is 62.8 Å². The van der Waals surface area contributed by atoms with Crippen molar-refractivity contribution in [2.24, 2.45) is 11.0 Å². The highest BCUT2D eigenvalue weighted by atomic mass is 16.5. The van der Waals surface area contributed by atoms with E-state index in [0.717, 1.165) is 37.3 Å². The number of nitrogens with zero attached hydrogens (tertiary/aromatic N) is 2. The lowest BCUT2D eigenvalue weighted by Crippen LogP contribution is -2.34. The molecule has 22 heavy (non-hydrogen) atoms. The van der Waals surface area contributed by atoms with Crippen LogP contribution in [-0.2, 0) is 4.79 Å². The van der Waals surface area contributed by atoms with Crippen LogP contribution in [0.2, 0.25) is 0 Å². The van der Waals surface area contributed by atoms with Gasteiger partial charge < -0.3 is 4.74 Å². The number of carbonyl (C=O) groups excluding carboxylic acids is 1. The fraction of sp³-hybridized carbons (Fsp3) is 0.471. The van der Waals surface area contributed by atoms with Crippen LogP contribution in [0.15, 0.2) is 29.4 Å². The van der Waals surface area contributed by atoms with Crippen molar-refractivity contribution >= 4 is 11.6 Å². The van der Waals surface area contributed by atoms with Gasteiger partial charge in [-0.2, -0.15) is 10.4 Å². The Balaban J connectivity index is 1.84. The molecule has 1 amide bonds. The summed E-state index contributed by atoms with van der Waals surface area (Å²) >= 11 is 0. The Hall–Kier alpha value is -2.35. The molecule has 1 saturated carbocycles. The van der Waals surface area contributed by atoms with Gasteiger partial charge in [0.15, 0.2) is 6.10 Å². The molecule has 1 aliphatic rings. The van der Waals surface area contributed by atoms with Gasteiger partial charge in [0.1, 0.15) is 5.75 Å². The van der Waals surface area contributed by atoms with Gasteiger partial charge in [-0.3, -0.25) is 4.79 Å². The molecular formula is C17H21N3O2. The van der Waals surface area contributed by atoms with Gasteiger partial charge in [0.2, 0.25) is 0 Å². The maximum Gasteiger partial charge on any atom is 0.280 e. The summed E-state index contributed by atoms with van der Waals surface area (Å²) in [6.07, 6.45) is 3.52. The predicted octanol–water partition coefficient (Wildman–Crippen LogP) is 3.01. The standard InChI is InChI=1S/C17H21N3O2/c1-12-3-7-15(8-4-12)19-20-17(21)13(2)22-16-9-5-14(11-18)6-10-16/h5-6,9-10,12-13H,3-4,7-8H2,1-2H3,(H,20,21). The van der Waals surface area contributed by atoms with Gasteiger partial charge >= 0.3 is 0 Å². The number of nitriles is 1. The van der Waals surface area contributed by atoms with Gasteiger partial charge in [0.05, 0.1) is 11.6 Å². The Labute approximate surface area is 131 Å². The number of hydrogen-bond acceptors (Lipinski definition) is 4. The fourth-order valence-corrected chi connectivity index (χ4v) is 2.30. The molecule has 0 bridgehead atoms. The molecule has 0 aromatic heterocycles. The first-order chi connectivity index (χ1) is 10.6. The van der Waals surface area contributed by atoms with E-state index in [1.807, 2.05) is 6.07 Å². The molecule has 1 unspecified atom stereocenters. The Kier molecular flexibility index (Phi) is 5.54. The van der Waals surface area contributed by atoms with E-state index in [4.69, 9.17) is 10.00 Å². The molecule has 5 heteroatoms. The van der Waals surface area contributed by atoms with Gasteiger partial charge in [0.25, 0.3) is 5.91 Å². The Morgan fingerprint density at radius 1 is 1.36 bits per heavy atom. The van der Waals surface area contributed by atoms with Crippen molar-refractivity contribution < 1.29 is 9.53 Å². The van der Waals surface area contributed by atoms with E-state index >= 15 is 0 Å². The number of amides is 1. The van der Waals surface area contributed by atoms with Crippen LogP contribution < -0.4 is 10.2 Å². The summed E-state index contributed by atoms with van der Waals surface area (Å²) in [5.41, 5.74) is 4.19. The summed E-state index contributed by atoms with van der Waals surface area (Å²) in [4.78, 5) is 12.0. The van der Waals surface area contributed by atoms with E-state index in [0.29, 0.717) is 11.3 Å². The number of carbonyl (C=O) groups is 1. The zero-order chi connectivity index (χ0) is 15.9. The van der Waals surface area contributed by atoms with Gasteiger partial charge in [-0.25, -0.2) is 5.43 Å². The smallest absolute Gasteiger partial charge is 0.280 e. The van der Waals surface area contributed by atoms with E-state index in [-0.39, 0.29) is 5.91 Å². The topological polar surface area (TPSA) is 74.5 Å². The van der Waals surface area contributed by atoms with Crippen molar-refractivity contribution in [3.05, 3.63) is 29.8 Å². The summed E-state index contributed by atoms with van der Waals surface area (Å²) in [7, 11) is 0. The first-order valence-electron chi connectivity index (χ1n) is 7.60. The normalized spacial score (nSPS) is 19.0. The highest BCUT2D eigenvalue weighted by molar-refractivity contribution is 5.87. The number of rotatable bonds is 4. The van der Waals surface area contributed by atoms with Crippen LogP contribution in [0.3, 0.4) is 0 Å². The monoisotopic (exact) mass is 299 g/mol. The zero-order valence-corrected chi connectivity index (χ0v) is 13.0. The minimum Gasteiger partial charge on any atom is -0.481 e. The summed E-state index contributed by atoms with van der Waals surface area (Å²) in [6.45, 7) is 3.92. The molecule has 1 N–H and O–H groups in total. The number of ether oxygens (including phenoxy) is 1.